The monoisotopic (exact) mass is 254 g/mol. The van der Waals surface area contributed by atoms with Gasteiger partial charge in [-0.2, -0.15) is 0 Å². The molecular formula is C17H18O2. The predicted molar refractivity (Wildman–Crippen MR) is 74.9 cm³/mol. The van der Waals surface area contributed by atoms with E-state index in [1.165, 1.54) is 0 Å². The molecule has 2 atom stereocenters. The summed E-state index contributed by atoms with van der Waals surface area (Å²) in [5.74, 6) is -0.0569. The van der Waals surface area contributed by atoms with Crippen molar-refractivity contribution in [1.29, 1.82) is 0 Å². The number of hydrogen-bond donors (Lipinski definition) is 1. The molecular weight excluding hydrogens is 236 g/mol. The third-order valence-electron chi connectivity index (χ3n) is 4.57. The first-order valence-corrected chi connectivity index (χ1v) is 6.81. The predicted octanol–water partition coefficient (Wildman–Crippen LogP) is 3.91. The minimum atomic E-state index is -0.454. The van der Waals surface area contributed by atoms with Gasteiger partial charge in [0, 0.05) is 5.92 Å². The molecule has 0 aromatic heterocycles. The summed E-state index contributed by atoms with van der Waals surface area (Å²) in [6, 6.07) is 10.1. The van der Waals surface area contributed by atoms with E-state index in [1.807, 2.05) is 25.1 Å². The van der Waals surface area contributed by atoms with E-state index in [-0.39, 0.29) is 17.5 Å². The summed E-state index contributed by atoms with van der Waals surface area (Å²) in [5, 5.41) is 10.1. The zero-order valence-electron chi connectivity index (χ0n) is 11.1. The normalized spacial score (nSPS) is 30.4. The van der Waals surface area contributed by atoms with Gasteiger partial charge in [-0.1, -0.05) is 42.5 Å². The van der Waals surface area contributed by atoms with E-state index in [2.05, 4.69) is 24.3 Å². The number of carbonyl (C=O) groups excluding carboxylic acids is 1. The van der Waals surface area contributed by atoms with Crippen molar-refractivity contribution in [1.82, 2.24) is 0 Å². The van der Waals surface area contributed by atoms with Crippen LogP contribution in [0.3, 0.4) is 0 Å². The van der Waals surface area contributed by atoms with Crippen LogP contribution in [-0.2, 0) is 4.79 Å². The Morgan fingerprint density at radius 3 is 2.58 bits per heavy atom. The van der Waals surface area contributed by atoms with Gasteiger partial charge in [-0.25, -0.2) is 0 Å². The van der Waals surface area contributed by atoms with Gasteiger partial charge in [0.25, 0.3) is 0 Å². The number of aliphatic hydroxyl groups excluding tert-OH is 1. The third kappa shape index (κ3) is 1.66. The summed E-state index contributed by atoms with van der Waals surface area (Å²) >= 11 is 0. The number of Topliss-reactive ketones (excluding diaryl/α,β-unsaturated/α-hetero) is 1. The Kier molecular flexibility index (Phi) is 2.81. The van der Waals surface area contributed by atoms with Crippen molar-refractivity contribution in [3.63, 3.8) is 0 Å². The van der Waals surface area contributed by atoms with Crippen LogP contribution in [0.15, 0.2) is 53.8 Å². The fraction of sp³-hybridized carbons (Fsp3) is 0.353. The minimum absolute atomic E-state index is 0.0100. The number of rotatable bonds is 1. The van der Waals surface area contributed by atoms with E-state index in [0.29, 0.717) is 0 Å². The van der Waals surface area contributed by atoms with Crippen molar-refractivity contribution in [2.24, 2.45) is 5.41 Å². The first kappa shape index (κ1) is 12.2. The molecule has 0 saturated heterocycles. The zero-order chi connectivity index (χ0) is 13.5. The lowest BCUT2D eigenvalue weighted by Crippen LogP contribution is -2.34. The molecule has 0 bridgehead atoms. The van der Waals surface area contributed by atoms with Gasteiger partial charge in [0.2, 0.25) is 5.78 Å². The zero-order valence-corrected chi connectivity index (χ0v) is 11.1. The van der Waals surface area contributed by atoms with Gasteiger partial charge in [-0.05, 0) is 37.3 Å². The van der Waals surface area contributed by atoms with Gasteiger partial charge in [0.15, 0.2) is 5.76 Å². The van der Waals surface area contributed by atoms with Crippen molar-refractivity contribution in [3.8, 4) is 0 Å². The average molecular weight is 254 g/mol. The molecule has 2 unspecified atom stereocenters. The van der Waals surface area contributed by atoms with E-state index in [0.717, 1.165) is 30.4 Å². The van der Waals surface area contributed by atoms with Crippen LogP contribution in [0.25, 0.3) is 0 Å². The topological polar surface area (TPSA) is 37.3 Å². The summed E-state index contributed by atoms with van der Waals surface area (Å²) in [5.41, 5.74) is 1.50. The molecule has 1 aromatic rings. The maximum Gasteiger partial charge on any atom is 0.204 e. The van der Waals surface area contributed by atoms with Gasteiger partial charge in [0.1, 0.15) is 0 Å². The lowest BCUT2D eigenvalue weighted by Gasteiger charge is -2.36. The Balaban J connectivity index is 2.13. The molecule has 1 aromatic carbocycles. The second kappa shape index (κ2) is 4.37. The van der Waals surface area contributed by atoms with Crippen LogP contribution < -0.4 is 0 Å². The molecule has 0 fully saturated rings. The van der Waals surface area contributed by atoms with Gasteiger partial charge in [-0.3, -0.25) is 4.79 Å². The van der Waals surface area contributed by atoms with Crippen molar-refractivity contribution in [2.75, 3.05) is 0 Å². The Hall–Kier alpha value is -1.83. The molecule has 0 radical (unpaired) electrons. The number of hydrogen-bond acceptors (Lipinski definition) is 2. The fourth-order valence-electron chi connectivity index (χ4n) is 3.63. The van der Waals surface area contributed by atoms with Crippen LogP contribution in [-0.4, -0.2) is 10.9 Å². The minimum Gasteiger partial charge on any atom is -0.504 e. The van der Waals surface area contributed by atoms with Crippen LogP contribution in [0.2, 0.25) is 0 Å². The van der Waals surface area contributed by atoms with Crippen molar-refractivity contribution < 1.29 is 9.90 Å². The molecule has 2 heteroatoms. The number of benzene rings is 1. The van der Waals surface area contributed by atoms with E-state index >= 15 is 0 Å². The lowest BCUT2D eigenvalue weighted by atomic mass is 9.65. The highest BCUT2D eigenvalue weighted by Crippen LogP contribution is 2.55. The first-order chi connectivity index (χ1) is 9.17. The first-order valence-electron chi connectivity index (χ1n) is 6.81. The second-order valence-corrected chi connectivity index (χ2v) is 5.57. The molecule has 0 heterocycles. The maximum absolute atomic E-state index is 12.5. The molecule has 1 spiro atoms. The Morgan fingerprint density at radius 1 is 1.21 bits per heavy atom. The molecule has 0 saturated carbocycles. The summed E-state index contributed by atoms with van der Waals surface area (Å²) in [6.07, 6.45) is 6.68. The molecule has 2 nitrogen and oxygen atoms in total. The average Bonchev–Trinajstić information content (AvgIpc) is 2.63. The Morgan fingerprint density at radius 2 is 1.95 bits per heavy atom. The van der Waals surface area contributed by atoms with Gasteiger partial charge in [0.05, 0.1) is 5.41 Å². The molecule has 19 heavy (non-hydrogen) atoms. The van der Waals surface area contributed by atoms with E-state index in [1.54, 1.807) is 0 Å². The standard InChI is InChI=1S/C17H18O2/c1-12-14(13-8-4-2-5-9-13)17(16(19)15(12)18)10-6-3-7-11-17/h2-6,8-9,14,18H,7,10-11H2,1H3. The van der Waals surface area contributed by atoms with Gasteiger partial charge < -0.3 is 5.11 Å². The van der Waals surface area contributed by atoms with Crippen molar-refractivity contribution in [2.45, 2.75) is 32.1 Å². The van der Waals surface area contributed by atoms with Crippen LogP contribution >= 0.6 is 0 Å². The van der Waals surface area contributed by atoms with E-state index in [9.17, 15) is 9.90 Å². The molecule has 1 N–H and O–H groups in total. The van der Waals surface area contributed by atoms with Crippen LogP contribution in [0, 0.1) is 5.41 Å². The molecule has 0 aliphatic heterocycles. The molecule has 3 rings (SSSR count). The SMILES string of the molecule is CC1=C(O)C(=O)C2(CC=CCC2)C1c1ccccc1. The Labute approximate surface area is 113 Å². The highest BCUT2D eigenvalue weighted by atomic mass is 16.3. The largest absolute Gasteiger partial charge is 0.504 e. The number of ketones is 1. The smallest absolute Gasteiger partial charge is 0.204 e. The summed E-state index contributed by atoms with van der Waals surface area (Å²) in [7, 11) is 0. The number of aliphatic hydroxyl groups is 1. The third-order valence-corrected chi connectivity index (χ3v) is 4.57. The number of carbonyl (C=O) groups is 1. The molecule has 98 valence electrons. The molecule has 2 aliphatic carbocycles. The second-order valence-electron chi connectivity index (χ2n) is 5.57. The summed E-state index contributed by atoms with van der Waals surface area (Å²) in [6.45, 7) is 1.89. The Bertz CT molecular complexity index is 568. The summed E-state index contributed by atoms with van der Waals surface area (Å²) in [4.78, 5) is 12.5. The van der Waals surface area contributed by atoms with Crippen LogP contribution in [0.1, 0.15) is 37.7 Å². The van der Waals surface area contributed by atoms with Crippen LogP contribution in [0.4, 0.5) is 0 Å². The van der Waals surface area contributed by atoms with E-state index < -0.39 is 5.41 Å². The van der Waals surface area contributed by atoms with Crippen molar-refractivity contribution in [3.05, 3.63) is 59.4 Å². The van der Waals surface area contributed by atoms with E-state index in [4.69, 9.17) is 0 Å². The number of allylic oxidation sites excluding steroid dienone is 4. The van der Waals surface area contributed by atoms with Gasteiger partial charge >= 0.3 is 0 Å². The maximum atomic E-state index is 12.5. The highest BCUT2D eigenvalue weighted by Gasteiger charge is 2.53. The fourth-order valence-corrected chi connectivity index (χ4v) is 3.63. The summed E-state index contributed by atoms with van der Waals surface area (Å²) < 4.78 is 0. The quantitative estimate of drug-likeness (QED) is 0.771. The molecule has 0 amide bonds. The van der Waals surface area contributed by atoms with Gasteiger partial charge in [-0.15, -0.1) is 0 Å². The molecule has 2 aliphatic rings. The highest BCUT2D eigenvalue weighted by molar-refractivity contribution is 6.03. The lowest BCUT2D eigenvalue weighted by molar-refractivity contribution is -0.127. The van der Waals surface area contributed by atoms with Crippen molar-refractivity contribution >= 4 is 5.78 Å². The van der Waals surface area contributed by atoms with Crippen LogP contribution in [0.5, 0.6) is 0 Å².